The molecule has 10 heteroatoms. The lowest BCUT2D eigenvalue weighted by Gasteiger charge is -2.23. The maximum atomic E-state index is 15.6. The lowest BCUT2D eigenvalue weighted by Crippen LogP contribution is -2.27. The first-order valence-electron chi connectivity index (χ1n) is 15.3. The van der Waals surface area contributed by atoms with E-state index in [0.29, 0.717) is 64.8 Å². The van der Waals surface area contributed by atoms with Gasteiger partial charge in [0.05, 0.1) is 12.8 Å². The molecule has 2 aromatic heterocycles. The molecule has 1 fully saturated rings. The maximum Gasteiger partial charge on any atom is 0.261 e. The minimum atomic E-state index is -0.708. The number of aryl methyl sites for hydroxylation is 1. The predicted molar refractivity (Wildman–Crippen MR) is 180 cm³/mol. The Morgan fingerprint density at radius 1 is 1.00 bits per heavy atom. The molecule has 0 radical (unpaired) electrons. The van der Waals surface area contributed by atoms with Gasteiger partial charge in [-0.2, -0.15) is 0 Å². The van der Waals surface area contributed by atoms with Crippen LogP contribution >= 0.6 is 0 Å². The average molecular weight is 635 g/mol. The Kier molecular flexibility index (Phi) is 9.03. The van der Waals surface area contributed by atoms with Gasteiger partial charge in [0.15, 0.2) is 11.5 Å². The number of nitrogen functional groups attached to an aromatic ring is 1. The number of amides is 1. The van der Waals surface area contributed by atoms with E-state index in [1.54, 1.807) is 42.9 Å². The number of hydrogen-bond donors (Lipinski definition) is 3. The molecule has 6 rings (SSSR count). The Morgan fingerprint density at radius 3 is 2.45 bits per heavy atom. The smallest absolute Gasteiger partial charge is 0.261 e. The number of nitrogens with one attached hydrogen (secondary N) is 1. The second-order valence-electron chi connectivity index (χ2n) is 11.7. The van der Waals surface area contributed by atoms with Crippen LogP contribution in [0.25, 0.3) is 33.4 Å². The molecule has 1 amide bonds. The lowest BCUT2D eigenvalue weighted by molar-refractivity contribution is 0.0612. The van der Waals surface area contributed by atoms with Gasteiger partial charge in [0, 0.05) is 55.0 Å². The summed E-state index contributed by atoms with van der Waals surface area (Å²) in [6.45, 7) is 3.94. The van der Waals surface area contributed by atoms with Crippen molar-refractivity contribution in [3.8, 4) is 44.9 Å². The normalized spacial score (nSPS) is 13.3. The van der Waals surface area contributed by atoms with Gasteiger partial charge in [-0.25, -0.2) is 9.37 Å². The maximum absolute atomic E-state index is 15.6. The minimum Gasteiger partial charge on any atom is -0.504 e. The van der Waals surface area contributed by atoms with Crippen LogP contribution in [0, 0.1) is 18.7 Å². The Hall–Kier alpha value is -5.48. The van der Waals surface area contributed by atoms with Crippen molar-refractivity contribution in [1.29, 1.82) is 0 Å². The molecular weight excluding hydrogens is 599 g/mol. The zero-order valence-corrected chi connectivity index (χ0v) is 26.1. The third-order valence-corrected chi connectivity index (χ3v) is 8.46. The number of phenolic OH excluding ortho intramolecular Hbond substituents is 1. The van der Waals surface area contributed by atoms with E-state index in [2.05, 4.69) is 10.3 Å². The number of rotatable bonds is 8. The predicted octanol–water partition coefficient (Wildman–Crippen LogP) is 6.67. The van der Waals surface area contributed by atoms with Gasteiger partial charge in [-0.1, -0.05) is 42.0 Å². The number of carbonyl (C=O) groups is 1. The summed E-state index contributed by atoms with van der Waals surface area (Å²) >= 11 is 0. The largest absolute Gasteiger partial charge is 0.504 e. The number of benzene rings is 3. The Balaban J connectivity index is 1.30. The standard InChI is InChI=1S/C37H35FN4O5/c1-22-3-5-24(6-4-22)29-20-42(19-23-11-13-47-14-12-23)21-30(35(29)44)37(45)41-32-9-7-26(16-31(32)38)28-15-27(18-40-36(28)39)25-8-10-33(43)34(17-25)46-2/h3-10,15-18,20-21,23,43H,11-14,19H2,1-2H3,(H2,39,40)(H,41,45). The molecule has 4 N–H and O–H groups in total. The fourth-order valence-electron chi connectivity index (χ4n) is 5.76. The molecule has 1 saturated heterocycles. The summed E-state index contributed by atoms with van der Waals surface area (Å²) in [6, 6.07) is 18.5. The number of methoxy groups -OCH3 is 1. The molecule has 0 atom stereocenters. The molecule has 1 aliphatic heterocycles. The Bertz CT molecular complexity index is 2000. The summed E-state index contributed by atoms with van der Waals surface area (Å²) in [5.41, 5.74) is 10.0. The van der Waals surface area contributed by atoms with E-state index >= 15 is 4.39 Å². The highest BCUT2D eigenvalue weighted by atomic mass is 19.1. The van der Waals surface area contributed by atoms with Gasteiger partial charge in [-0.05, 0) is 72.7 Å². The molecule has 3 aromatic carbocycles. The summed E-state index contributed by atoms with van der Waals surface area (Å²) < 4.78 is 28.2. The minimum absolute atomic E-state index is 0.000276. The van der Waals surface area contributed by atoms with Gasteiger partial charge < -0.3 is 30.2 Å². The van der Waals surface area contributed by atoms with E-state index in [0.717, 1.165) is 18.4 Å². The van der Waals surface area contributed by atoms with Gasteiger partial charge in [0.1, 0.15) is 17.2 Å². The SMILES string of the molecule is COc1cc(-c2cnc(N)c(-c3ccc(NC(=O)c4cn(CC5CCOCC5)cc(-c5ccc(C)cc5)c4=O)c(F)c3)c2)ccc1O. The highest BCUT2D eigenvalue weighted by molar-refractivity contribution is 6.05. The number of pyridine rings is 2. The van der Waals surface area contributed by atoms with Crippen molar-refractivity contribution in [1.82, 2.24) is 9.55 Å². The number of hydrogen-bond acceptors (Lipinski definition) is 7. The Morgan fingerprint density at radius 2 is 1.72 bits per heavy atom. The number of nitrogens with zero attached hydrogens (tertiary/aromatic N) is 2. The highest BCUT2D eigenvalue weighted by Gasteiger charge is 2.21. The lowest BCUT2D eigenvalue weighted by atomic mass is 9.99. The topological polar surface area (TPSA) is 129 Å². The molecule has 0 bridgehead atoms. The van der Waals surface area contributed by atoms with Gasteiger partial charge in [0.25, 0.3) is 5.91 Å². The monoisotopic (exact) mass is 634 g/mol. The van der Waals surface area contributed by atoms with E-state index in [4.69, 9.17) is 15.2 Å². The molecule has 0 saturated carbocycles. The van der Waals surface area contributed by atoms with E-state index in [-0.39, 0.29) is 22.8 Å². The first-order chi connectivity index (χ1) is 22.7. The first kappa shape index (κ1) is 31.5. The molecule has 5 aromatic rings. The van der Waals surface area contributed by atoms with E-state index in [1.807, 2.05) is 35.8 Å². The molecule has 240 valence electrons. The fraction of sp³-hybridized carbons (Fsp3) is 0.216. The van der Waals surface area contributed by atoms with Crippen LogP contribution in [-0.4, -0.2) is 40.9 Å². The number of aromatic nitrogens is 2. The number of aromatic hydroxyl groups is 1. The highest BCUT2D eigenvalue weighted by Crippen LogP contribution is 2.35. The molecule has 0 aliphatic carbocycles. The zero-order valence-electron chi connectivity index (χ0n) is 26.1. The van der Waals surface area contributed by atoms with Crippen LogP contribution in [0.5, 0.6) is 11.5 Å². The van der Waals surface area contributed by atoms with Crippen LogP contribution in [0.1, 0.15) is 28.8 Å². The number of ether oxygens (including phenoxy) is 2. The summed E-state index contributed by atoms with van der Waals surface area (Å²) in [4.78, 5) is 31.5. The van der Waals surface area contributed by atoms with Crippen molar-refractivity contribution in [3.63, 3.8) is 0 Å². The van der Waals surface area contributed by atoms with Crippen molar-refractivity contribution >= 4 is 17.4 Å². The van der Waals surface area contributed by atoms with Crippen molar-refractivity contribution in [2.24, 2.45) is 5.92 Å². The van der Waals surface area contributed by atoms with Crippen molar-refractivity contribution < 1.29 is 23.8 Å². The molecule has 1 aliphatic rings. The summed E-state index contributed by atoms with van der Waals surface area (Å²) in [5, 5.41) is 12.6. The van der Waals surface area contributed by atoms with Crippen molar-refractivity contribution in [2.75, 3.05) is 31.4 Å². The van der Waals surface area contributed by atoms with Crippen molar-refractivity contribution in [2.45, 2.75) is 26.3 Å². The van der Waals surface area contributed by atoms with Gasteiger partial charge >= 0.3 is 0 Å². The number of nitrogens with two attached hydrogens (primary N) is 1. The van der Waals surface area contributed by atoms with Crippen LogP contribution in [0.3, 0.4) is 0 Å². The van der Waals surface area contributed by atoms with Crippen LogP contribution in [0.4, 0.5) is 15.9 Å². The molecule has 9 nitrogen and oxygen atoms in total. The summed E-state index contributed by atoms with van der Waals surface area (Å²) in [5.74, 6) is -0.584. The zero-order chi connectivity index (χ0) is 33.1. The van der Waals surface area contributed by atoms with E-state index in [9.17, 15) is 14.7 Å². The second kappa shape index (κ2) is 13.5. The number of halogens is 1. The number of anilines is 2. The van der Waals surface area contributed by atoms with Crippen LogP contribution in [0.15, 0.2) is 90.1 Å². The van der Waals surface area contributed by atoms with Gasteiger partial charge in [-0.15, -0.1) is 0 Å². The fourth-order valence-corrected chi connectivity index (χ4v) is 5.76. The molecule has 0 unspecified atom stereocenters. The van der Waals surface area contributed by atoms with Crippen LogP contribution < -0.4 is 21.2 Å². The third kappa shape index (κ3) is 6.87. The Labute approximate surface area is 271 Å². The van der Waals surface area contributed by atoms with Gasteiger partial charge in [-0.3, -0.25) is 9.59 Å². The average Bonchev–Trinajstić information content (AvgIpc) is 3.08. The van der Waals surface area contributed by atoms with E-state index in [1.165, 1.54) is 25.3 Å². The molecule has 47 heavy (non-hydrogen) atoms. The molecule has 3 heterocycles. The number of carbonyl (C=O) groups excluding carboxylic acids is 1. The van der Waals surface area contributed by atoms with E-state index < -0.39 is 17.2 Å². The number of phenols is 1. The summed E-state index contributed by atoms with van der Waals surface area (Å²) in [7, 11) is 1.46. The van der Waals surface area contributed by atoms with Crippen molar-refractivity contribution in [3.05, 3.63) is 112 Å². The van der Waals surface area contributed by atoms with Crippen LogP contribution in [-0.2, 0) is 11.3 Å². The second-order valence-corrected chi connectivity index (χ2v) is 11.7. The molecular formula is C37H35FN4O5. The molecule has 0 spiro atoms. The van der Waals surface area contributed by atoms with Crippen LogP contribution in [0.2, 0.25) is 0 Å². The summed E-state index contributed by atoms with van der Waals surface area (Å²) in [6.07, 6.45) is 6.69. The first-order valence-corrected chi connectivity index (χ1v) is 15.3. The van der Waals surface area contributed by atoms with Gasteiger partial charge in [0.2, 0.25) is 5.43 Å². The quantitative estimate of drug-likeness (QED) is 0.174. The third-order valence-electron chi connectivity index (χ3n) is 8.46.